The first kappa shape index (κ1) is 21.4. The van der Waals surface area contributed by atoms with Crippen molar-refractivity contribution in [2.75, 3.05) is 4.72 Å². The van der Waals surface area contributed by atoms with Crippen LogP contribution in [-0.4, -0.2) is 39.1 Å². The van der Waals surface area contributed by atoms with Gasteiger partial charge in [-0.1, -0.05) is 18.3 Å². The highest BCUT2D eigenvalue weighted by molar-refractivity contribution is 7.93. The molecule has 0 aliphatic heterocycles. The van der Waals surface area contributed by atoms with Crippen LogP contribution >= 0.6 is 11.3 Å². The maximum atomic E-state index is 12.5. The molecule has 2 N–H and O–H groups in total. The van der Waals surface area contributed by atoms with E-state index in [2.05, 4.69) is 19.9 Å². The fourth-order valence-electron chi connectivity index (χ4n) is 2.43. The summed E-state index contributed by atoms with van der Waals surface area (Å²) in [6.45, 7) is 1.89. The average Bonchev–Trinajstić information content (AvgIpc) is 3.18. The van der Waals surface area contributed by atoms with Crippen molar-refractivity contribution in [2.24, 2.45) is 19.1 Å². The quantitative estimate of drug-likeness (QED) is 0.527. The summed E-state index contributed by atoms with van der Waals surface area (Å²) in [5.41, 5.74) is -1.20. The zero-order valence-electron chi connectivity index (χ0n) is 16.2. The molecule has 0 atom stereocenters. The monoisotopic (exact) mass is 450 g/mol. The van der Waals surface area contributed by atoms with Gasteiger partial charge in [-0.25, -0.2) is 13.2 Å². The number of hydrogen-bond acceptors (Lipinski definition) is 9. The fraction of sp³-hybridized carbons (Fsp3) is 0.235. The van der Waals surface area contributed by atoms with E-state index < -0.39 is 27.2 Å². The molecule has 1 aromatic carbocycles. The molecule has 0 aliphatic carbocycles. The Kier molecular flexibility index (Phi) is 5.85. The highest BCUT2D eigenvalue weighted by Crippen LogP contribution is 2.22. The van der Waals surface area contributed by atoms with E-state index in [1.165, 1.54) is 38.4 Å². The molecule has 0 amide bonds. The van der Waals surface area contributed by atoms with Crippen LogP contribution < -0.4 is 16.0 Å². The van der Waals surface area contributed by atoms with Crippen LogP contribution in [0.2, 0.25) is 0 Å². The molecule has 2 aromatic heterocycles. The lowest BCUT2D eigenvalue weighted by atomic mass is 10.3. The highest BCUT2D eigenvalue weighted by atomic mass is 32.2. The second kappa shape index (κ2) is 8.20. The van der Waals surface area contributed by atoms with Gasteiger partial charge in [0.05, 0.1) is 10.6 Å². The second-order valence-corrected chi connectivity index (χ2v) is 8.90. The molecule has 2 heterocycles. The minimum atomic E-state index is -3.85. The van der Waals surface area contributed by atoms with E-state index in [1.54, 1.807) is 0 Å². The fourth-order valence-corrected chi connectivity index (χ4v) is 4.34. The summed E-state index contributed by atoms with van der Waals surface area (Å²) in [6.07, 6.45) is 1.77. The van der Waals surface area contributed by atoms with E-state index in [0.717, 1.165) is 26.7 Å². The van der Waals surface area contributed by atoms with E-state index in [-0.39, 0.29) is 15.6 Å². The molecule has 0 saturated heterocycles. The lowest BCUT2D eigenvalue weighted by Gasteiger charge is -2.07. The van der Waals surface area contributed by atoms with Crippen LogP contribution in [-0.2, 0) is 30.5 Å². The number of benzene rings is 1. The molecule has 0 spiro atoms. The van der Waals surface area contributed by atoms with Crippen molar-refractivity contribution in [3.05, 3.63) is 55.7 Å². The Morgan fingerprint density at radius 1 is 1.17 bits per heavy atom. The SMILES string of the molecule is CCc1nnc(NS(=O)(=O)c2ccc(N=Cc3c(O)n(C)c(=O)n(C)c3=O)cc2)s1. The summed E-state index contributed by atoms with van der Waals surface area (Å²) in [5, 5.41) is 18.6. The third-order valence-electron chi connectivity index (χ3n) is 4.15. The van der Waals surface area contributed by atoms with Gasteiger partial charge in [-0.15, -0.1) is 10.2 Å². The van der Waals surface area contributed by atoms with Crippen molar-refractivity contribution in [1.29, 1.82) is 0 Å². The van der Waals surface area contributed by atoms with Gasteiger partial charge in [0.15, 0.2) is 0 Å². The molecule has 11 nitrogen and oxygen atoms in total. The highest BCUT2D eigenvalue weighted by Gasteiger charge is 2.17. The number of nitrogens with one attached hydrogen (secondary N) is 1. The molecule has 3 aromatic rings. The molecule has 0 fully saturated rings. The van der Waals surface area contributed by atoms with E-state index in [1.807, 2.05) is 6.92 Å². The van der Waals surface area contributed by atoms with Crippen LogP contribution in [0.4, 0.5) is 10.8 Å². The first-order valence-corrected chi connectivity index (χ1v) is 10.9. The molecule has 0 bridgehead atoms. The van der Waals surface area contributed by atoms with Crippen LogP contribution in [0.1, 0.15) is 17.5 Å². The second-order valence-electron chi connectivity index (χ2n) is 6.16. The van der Waals surface area contributed by atoms with Gasteiger partial charge in [0.2, 0.25) is 11.0 Å². The average molecular weight is 451 g/mol. The number of sulfonamides is 1. The van der Waals surface area contributed by atoms with Crippen molar-refractivity contribution >= 4 is 38.4 Å². The van der Waals surface area contributed by atoms with E-state index in [9.17, 15) is 23.1 Å². The first-order valence-electron chi connectivity index (χ1n) is 8.62. The van der Waals surface area contributed by atoms with Gasteiger partial charge in [-0.3, -0.25) is 23.6 Å². The molecule has 0 saturated carbocycles. The summed E-state index contributed by atoms with van der Waals surface area (Å²) < 4.78 is 29.1. The van der Waals surface area contributed by atoms with Crippen LogP contribution in [0, 0.1) is 0 Å². The van der Waals surface area contributed by atoms with E-state index in [4.69, 9.17) is 0 Å². The predicted molar refractivity (Wildman–Crippen MR) is 112 cm³/mol. The van der Waals surface area contributed by atoms with Crippen molar-refractivity contribution < 1.29 is 13.5 Å². The number of aromatic hydroxyl groups is 1. The molecule has 0 radical (unpaired) electrons. The zero-order valence-corrected chi connectivity index (χ0v) is 17.9. The smallest absolute Gasteiger partial charge is 0.333 e. The predicted octanol–water partition coefficient (Wildman–Crippen LogP) is 0.755. The third kappa shape index (κ3) is 4.16. The Morgan fingerprint density at radius 2 is 1.83 bits per heavy atom. The Labute approximate surface area is 175 Å². The molecule has 158 valence electrons. The van der Waals surface area contributed by atoms with Gasteiger partial charge in [-0.2, -0.15) is 0 Å². The summed E-state index contributed by atoms with van der Waals surface area (Å²) in [7, 11) is -1.24. The Morgan fingerprint density at radius 3 is 2.43 bits per heavy atom. The van der Waals surface area contributed by atoms with Gasteiger partial charge in [-0.05, 0) is 30.7 Å². The molecular weight excluding hydrogens is 432 g/mol. The van der Waals surface area contributed by atoms with E-state index in [0.29, 0.717) is 17.1 Å². The summed E-state index contributed by atoms with van der Waals surface area (Å²) in [4.78, 5) is 28.0. The topological polar surface area (TPSA) is 149 Å². The number of rotatable bonds is 6. The van der Waals surface area contributed by atoms with Crippen molar-refractivity contribution in [2.45, 2.75) is 18.2 Å². The van der Waals surface area contributed by atoms with Crippen molar-refractivity contribution in [3.8, 4) is 5.88 Å². The normalized spacial score (nSPS) is 11.8. The number of aliphatic imine (C=N–C) groups is 1. The number of nitrogens with zero attached hydrogens (tertiary/aromatic N) is 5. The van der Waals surface area contributed by atoms with Crippen molar-refractivity contribution in [3.63, 3.8) is 0 Å². The molecular formula is C17H18N6O5S2. The van der Waals surface area contributed by atoms with Crippen molar-refractivity contribution in [1.82, 2.24) is 19.3 Å². The molecule has 3 rings (SSSR count). The number of anilines is 1. The van der Waals surface area contributed by atoms with Gasteiger partial charge in [0.25, 0.3) is 15.6 Å². The van der Waals surface area contributed by atoms with Gasteiger partial charge >= 0.3 is 5.69 Å². The minimum absolute atomic E-state index is 0.00410. The maximum absolute atomic E-state index is 12.5. The summed E-state index contributed by atoms with van der Waals surface area (Å²) in [6, 6.07) is 5.56. The standard InChI is InChI=1S/C17H18N6O5S2/c1-4-13-19-20-16(29-13)21-30(27,28)11-7-5-10(6-8-11)18-9-12-14(24)22(2)17(26)23(3)15(12)25/h5-9,24H,4H2,1-3H3,(H,20,21). The molecule has 0 unspecified atom stereocenters. The Balaban J connectivity index is 1.84. The zero-order chi connectivity index (χ0) is 22.1. The molecule has 13 heteroatoms. The van der Waals surface area contributed by atoms with Crippen LogP contribution in [0.5, 0.6) is 5.88 Å². The van der Waals surface area contributed by atoms with Crippen LogP contribution in [0.15, 0.2) is 43.7 Å². The van der Waals surface area contributed by atoms with E-state index >= 15 is 0 Å². The minimum Gasteiger partial charge on any atom is -0.494 e. The van der Waals surface area contributed by atoms with Gasteiger partial charge < -0.3 is 5.11 Å². The third-order valence-corrected chi connectivity index (χ3v) is 6.62. The lowest BCUT2D eigenvalue weighted by Crippen LogP contribution is -2.38. The molecule has 30 heavy (non-hydrogen) atoms. The Bertz CT molecular complexity index is 1340. The first-order chi connectivity index (χ1) is 14.1. The summed E-state index contributed by atoms with van der Waals surface area (Å²) in [5.74, 6) is -0.515. The Hall–Kier alpha value is -3.32. The maximum Gasteiger partial charge on any atom is 0.333 e. The van der Waals surface area contributed by atoms with Gasteiger partial charge in [0, 0.05) is 20.3 Å². The lowest BCUT2D eigenvalue weighted by molar-refractivity contribution is 0.410. The molecule has 0 aliphatic rings. The summed E-state index contributed by atoms with van der Waals surface area (Å²) >= 11 is 1.15. The van der Waals surface area contributed by atoms with Gasteiger partial charge in [0.1, 0.15) is 10.6 Å². The largest absolute Gasteiger partial charge is 0.494 e. The number of hydrogen-bond donors (Lipinski definition) is 2. The van der Waals surface area contributed by atoms with Crippen LogP contribution in [0.25, 0.3) is 0 Å². The van der Waals surface area contributed by atoms with Crippen LogP contribution in [0.3, 0.4) is 0 Å². The number of aryl methyl sites for hydroxylation is 1. The number of aromatic nitrogens is 4.